The quantitative estimate of drug-likeness (QED) is 0.539. The van der Waals surface area contributed by atoms with Crippen molar-refractivity contribution in [1.29, 1.82) is 0 Å². The number of carbonyl (C=O) groups excluding carboxylic acids is 1. The molecule has 1 atom stereocenters. The molecule has 0 bridgehead atoms. The van der Waals surface area contributed by atoms with Crippen molar-refractivity contribution in [2.45, 2.75) is 18.7 Å². The van der Waals surface area contributed by atoms with Crippen LogP contribution in [0, 0.1) is 0 Å². The van der Waals surface area contributed by atoms with Crippen LogP contribution in [0.5, 0.6) is 0 Å². The van der Waals surface area contributed by atoms with Crippen molar-refractivity contribution in [3.63, 3.8) is 0 Å². The number of hydrogen-bond donors (Lipinski definition) is 0. The van der Waals surface area contributed by atoms with Crippen LogP contribution in [0.25, 0.3) is 0 Å². The lowest BCUT2D eigenvalue weighted by molar-refractivity contribution is -0.140. The average Bonchev–Trinajstić information content (AvgIpc) is 1.84. The lowest BCUT2D eigenvalue weighted by Gasteiger charge is -2.35. The van der Waals surface area contributed by atoms with Gasteiger partial charge in [0.1, 0.15) is 0 Å². The fraction of sp³-hybridized carbons (Fsp3) is 0.833. The first-order valence-electron chi connectivity index (χ1n) is 3.08. The molecule has 1 unspecified atom stereocenters. The number of carbonyl (C=O) groups is 1. The smallest absolute Gasteiger partial charge is 0.225 e. The number of likely N-dealkylation sites (tertiary alicyclic amines) is 1. The zero-order valence-corrected chi connectivity index (χ0v) is 6.57. The van der Waals surface area contributed by atoms with E-state index in [4.69, 9.17) is 0 Å². The predicted molar refractivity (Wildman–Crippen MR) is 39.3 cm³/mol. The van der Waals surface area contributed by atoms with Gasteiger partial charge in [0.25, 0.3) is 0 Å². The number of hydrogen-bond acceptors (Lipinski definition) is 2. The number of nitrogens with zero attached hydrogens (tertiary/aromatic N) is 1. The van der Waals surface area contributed by atoms with Gasteiger partial charge >= 0.3 is 0 Å². The van der Waals surface area contributed by atoms with Gasteiger partial charge in [-0.15, -0.1) is 11.8 Å². The molecule has 1 aliphatic rings. The molecule has 9 heavy (non-hydrogen) atoms. The van der Waals surface area contributed by atoms with Crippen molar-refractivity contribution in [2.75, 3.05) is 12.8 Å². The molecule has 1 saturated heterocycles. The molecular weight excluding hydrogens is 134 g/mol. The molecule has 0 aromatic rings. The first-order valence-corrected chi connectivity index (χ1v) is 4.36. The van der Waals surface area contributed by atoms with Crippen LogP contribution >= 0.6 is 11.8 Å². The third-order valence-corrected chi connectivity index (χ3v) is 2.60. The Labute approximate surface area is 59.6 Å². The molecule has 0 aliphatic carbocycles. The summed E-state index contributed by atoms with van der Waals surface area (Å²) in [5.41, 5.74) is 0. The second kappa shape index (κ2) is 2.60. The van der Waals surface area contributed by atoms with Crippen molar-refractivity contribution in [2.24, 2.45) is 0 Å². The van der Waals surface area contributed by atoms with Crippen molar-refractivity contribution < 1.29 is 4.79 Å². The Bertz CT molecular complexity index is 126. The zero-order chi connectivity index (χ0) is 6.85. The average molecular weight is 145 g/mol. The van der Waals surface area contributed by atoms with Gasteiger partial charge in [0.05, 0.1) is 5.37 Å². The van der Waals surface area contributed by atoms with Crippen LogP contribution in [0.1, 0.15) is 13.3 Å². The molecule has 1 aliphatic heterocycles. The summed E-state index contributed by atoms with van der Waals surface area (Å²) in [4.78, 5) is 12.6. The van der Waals surface area contributed by atoms with Crippen LogP contribution in [0.4, 0.5) is 0 Å². The standard InChI is InChI=1S/C6H11NOS/c1-5(9-2)7-4-3-6(7)8/h5H,3-4H2,1-2H3. The number of rotatable bonds is 2. The van der Waals surface area contributed by atoms with Crippen LogP contribution < -0.4 is 0 Å². The summed E-state index contributed by atoms with van der Waals surface area (Å²) in [7, 11) is 0. The maximum atomic E-state index is 10.7. The van der Waals surface area contributed by atoms with E-state index in [2.05, 4.69) is 6.92 Å². The Balaban J connectivity index is 2.34. The zero-order valence-electron chi connectivity index (χ0n) is 5.76. The van der Waals surface area contributed by atoms with E-state index in [0.717, 1.165) is 13.0 Å². The van der Waals surface area contributed by atoms with Crippen molar-refractivity contribution in [3.8, 4) is 0 Å². The highest BCUT2D eigenvalue weighted by Crippen LogP contribution is 2.19. The SMILES string of the molecule is CSC(C)N1CCC1=O. The summed E-state index contributed by atoms with van der Waals surface area (Å²) in [6.45, 7) is 3.02. The second-order valence-electron chi connectivity index (χ2n) is 2.17. The number of thioether (sulfide) groups is 1. The lowest BCUT2D eigenvalue weighted by Crippen LogP contribution is -2.47. The molecule has 0 N–H and O–H groups in total. The largest absolute Gasteiger partial charge is 0.330 e. The summed E-state index contributed by atoms with van der Waals surface area (Å²) in [5, 5.41) is 0.381. The third kappa shape index (κ3) is 1.21. The molecule has 1 heterocycles. The minimum absolute atomic E-state index is 0.303. The molecule has 52 valence electrons. The first kappa shape index (κ1) is 6.93. The Morgan fingerprint density at radius 2 is 2.44 bits per heavy atom. The van der Waals surface area contributed by atoms with E-state index in [9.17, 15) is 4.79 Å². The first-order chi connectivity index (χ1) is 4.25. The van der Waals surface area contributed by atoms with Crippen LogP contribution in [-0.2, 0) is 4.79 Å². The maximum Gasteiger partial charge on any atom is 0.225 e. The van der Waals surface area contributed by atoms with Gasteiger partial charge in [0.2, 0.25) is 5.91 Å². The molecule has 1 fully saturated rings. The number of β-lactam (4-membered cyclic amide) rings is 1. The predicted octanol–water partition coefficient (Wildman–Crippen LogP) is 0.928. The highest BCUT2D eigenvalue weighted by atomic mass is 32.2. The van der Waals surface area contributed by atoms with Gasteiger partial charge in [-0.3, -0.25) is 4.79 Å². The Morgan fingerprint density at radius 1 is 1.78 bits per heavy atom. The van der Waals surface area contributed by atoms with Gasteiger partial charge in [-0.1, -0.05) is 0 Å². The van der Waals surface area contributed by atoms with Gasteiger partial charge in [-0.25, -0.2) is 0 Å². The number of amides is 1. The normalized spacial score (nSPS) is 21.6. The van der Waals surface area contributed by atoms with Crippen LogP contribution in [0.3, 0.4) is 0 Å². The van der Waals surface area contributed by atoms with Crippen molar-refractivity contribution in [1.82, 2.24) is 4.90 Å². The van der Waals surface area contributed by atoms with Gasteiger partial charge in [0.15, 0.2) is 0 Å². The van der Waals surface area contributed by atoms with E-state index >= 15 is 0 Å². The molecule has 0 radical (unpaired) electrons. The van der Waals surface area contributed by atoms with Gasteiger partial charge in [-0.2, -0.15) is 0 Å². The van der Waals surface area contributed by atoms with Crippen LogP contribution in [0.15, 0.2) is 0 Å². The Kier molecular flexibility index (Phi) is 2.01. The van der Waals surface area contributed by atoms with Crippen molar-refractivity contribution in [3.05, 3.63) is 0 Å². The molecule has 0 aromatic carbocycles. The minimum Gasteiger partial charge on any atom is -0.330 e. The molecule has 1 amide bonds. The minimum atomic E-state index is 0.303. The van der Waals surface area contributed by atoms with E-state index in [-0.39, 0.29) is 0 Å². The van der Waals surface area contributed by atoms with Crippen molar-refractivity contribution >= 4 is 17.7 Å². The monoisotopic (exact) mass is 145 g/mol. The van der Waals surface area contributed by atoms with Gasteiger partial charge < -0.3 is 4.90 Å². The molecule has 1 rings (SSSR count). The Hall–Kier alpha value is -0.180. The topological polar surface area (TPSA) is 20.3 Å². The highest BCUT2D eigenvalue weighted by Gasteiger charge is 2.27. The van der Waals surface area contributed by atoms with E-state index in [1.807, 2.05) is 11.2 Å². The molecule has 0 spiro atoms. The van der Waals surface area contributed by atoms with E-state index < -0.39 is 0 Å². The maximum absolute atomic E-state index is 10.7. The summed E-state index contributed by atoms with van der Waals surface area (Å²) in [6, 6.07) is 0. The Morgan fingerprint density at radius 3 is 2.56 bits per heavy atom. The molecule has 2 nitrogen and oxygen atoms in total. The molecule has 3 heteroatoms. The second-order valence-corrected chi connectivity index (χ2v) is 3.33. The fourth-order valence-electron chi connectivity index (χ4n) is 0.844. The van der Waals surface area contributed by atoms with E-state index in [1.165, 1.54) is 0 Å². The van der Waals surface area contributed by atoms with E-state index in [0.29, 0.717) is 11.3 Å². The summed E-state index contributed by atoms with van der Waals surface area (Å²) < 4.78 is 0. The van der Waals surface area contributed by atoms with Crippen LogP contribution in [-0.4, -0.2) is 29.0 Å². The summed E-state index contributed by atoms with van der Waals surface area (Å²) in [6.07, 6.45) is 2.78. The van der Waals surface area contributed by atoms with Gasteiger partial charge in [-0.05, 0) is 13.2 Å². The third-order valence-electron chi connectivity index (χ3n) is 1.67. The molecular formula is C6H11NOS. The van der Waals surface area contributed by atoms with E-state index in [1.54, 1.807) is 11.8 Å². The fourth-order valence-corrected chi connectivity index (χ4v) is 1.32. The molecule has 0 aromatic heterocycles. The highest BCUT2D eigenvalue weighted by molar-refractivity contribution is 7.99. The van der Waals surface area contributed by atoms with Crippen LogP contribution in [0.2, 0.25) is 0 Å². The van der Waals surface area contributed by atoms with Gasteiger partial charge in [0, 0.05) is 13.0 Å². The summed E-state index contributed by atoms with van der Waals surface area (Å²) in [5.74, 6) is 0.303. The molecule has 0 saturated carbocycles. The summed E-state index contributed by atoms with van der Waals surface area (Å²) >= 11 is 1.72. The lowest BCUT2D eigenvalue weighted by atomic mass is 10.2.